The molecule has 5 heteroatoms. The number of amides is 1. The summed E-state index contributed by atoms with van der Waals surface area (Å²) in [6.07, 6.45) is 0. The van der Waals surface area contributed by atoms with Crippen LogP contribution in [0.3, 0.4) is 0 Å². The first-order chi connectivity index (χ1) is 10.4. The van der Waals surface area contributed by atoms with E-state index in [2.05, 4.69) is 10.3 Å². The molecule has 0 spiro atoms. The molecule has 0 aliphatic carbocycles. The fourth-order valence-electron chi connectivity index (χ4n) is 2.03. The number of Topliss-reactive ketones (excluding diaryl/α,β-unsaturated/α-hetero) is 1. The second-order valence-corrected chi connectivity index (χ2v) is 5.31. The second kappa shape index (κ2) is 6.39. The van der Waals surface area contributed by atoms with Gasteiger partial charge in [0.2, 0.25) is 0 Å². The standard InChI is InChI=1S/C17H19N3O2/c1-11-5-10-15(12(2)21)16(18-11)19-14-8-6-13(7-9-14)17(22)20(3)4/h5-10H,1-4H3,(H,18,19). The maximum absolute atomic E-state index is 11.9. The van der Waals surface area contributed by atoms with Crippen molar-refractivity contribution < 1.29 is 9.59 Å². The van der Waals surface area contributed by atoms with Gasteiger partial charge in [-0.05, 0) is 50.2 Å². The number of pyridine rings is 1. The topological polar surface area (TPSA) is 62.3 Å². The van der Waals surface area contributed by atoms with Gasteiger partial charge in [0.05, 0.1) is 5.56 Å². The van der Waals surface area contributed by atoms with Gasteiger partial charge in [0, 0.05) is 31.0 Å². The van der Waals surface area contributed by atoms with Gasteiger partial charge in [-0.2, -0.15) is 0 Å². The van der Waals surface area contributed by atoms with E-state index in [4.69, 9.17) is 0 Å². The minimum Gasteiger partial charge on any atom is -0.345 e. The van der Waals surface area contributed by atoms with Crippen LogP contribution in [0.1, 0.15) is 33.3 Å². The molecule has 2 aromatic rings. The Morgan fingerprint density at radius 1 is 1.05 bits per heavy atom. The number of aryl methyl sites for hydroxylation is 1. The Morgan fingerprint density at radius 3 is 2.23 bits per heavy atom. The Labute approximate surface area is 130 Å². The molecule has 1 heterocycles. The van der Waals surface area contributed by atoms with Crippen LogP contribution >= 0.6 is 0 Å². The predicted octanol–water partition coefficient (Wildman–Crippen LogP) is 3.04. The summed E-state index contributed by atoms with van der Waals surface area (Å²) in [7, 11) is 3.43. The summed E-state index contributed by atoms with van der Waals surface area (Å²) < 4.78 is 0. The molecular formula is C17H19N3O2. The van der Waals surface area contributed by atoms with Crippen LogP contribution in [0.25, 0.3) is 0 Å². The Bertz CT molecular complexity index is 706. The van der Waals surface area contributed by atoms with Crippen LogP contribution in [0.2, 0.25) is 0 Å². The van der Waals surface area contributed by atoms with Crippen molar-refractivity contribution >= 4 is 23.2 Å². The van der Waals surface area contributed by atoms with Crippen LogP contribution in [0.15, 0.2) is 36.4 Å². The molecule has 1 aromatic carbocycles. The molecule has 0 aliphatic rings. The fourth-order valence-corrected chi connectivity index (χ4v) is 2.03. The third kappa shape index (κ3) is 3.49. The number of anilines is 2. The highest BCUT2D eigenvalue weighted by Gasteiger charge is 2.11. The van der Waals surface area contributed by atoms with E-state index in [9.17, 15) is 9.59 Å². The van der Waals surface area contributed by atoms with E-state index in [0.29, 0.717) is 16.9 Å². The lowest BCUT2D eigenvalue weighted by Crippen LogP contribution is -2.21. The van der Waals surface area contributed by atoms with Crippen molar-refractivity contribution in [1.82, 2.24) is 9.88 Å². The SMILES string of the molecule is CC(=O)c1ccc(C)nc1Nc1ccc(C(=O)N(C)C)cc1. The normalized spacial score (nSPS) is 10.2. The lowest BCUT2D eigenvalue weighted by molar-refractivity contribution is 0.0827. The molecule has 22 heavy (non-hydrogen) atoms. The average Bonchev–Trinajstić information content (AvgIpc) is 2.47. The molecule has 0 aliphatic heterocycles. The number of benzene rings is 1. The molecule has 5 nitrogen and oxygen atoms in total. The predicted molar refractivity (Wildman–Crippen MR) is 86.7 cm³/mol. The van der Waals surface area contributed by atoms with Crippen LogP contribution in [-0.4, -0.2) is 35.7 Å². The Hall–Kier alpha value is -2.69. The summed E-state index contributed by atoms with van der Waals surface area (Å²) >= 11 is 0. The van der Waals surface area contributed by atoms with Crippen LogP contribution in [0.4, 0.5) is 11.5 Å². The van der Waals surface area contributed by atoms with Crippen molar-refractivity contribution in [3.05, 3.63) is 53.2 Å². The van der Waals surface area contributed by atoms with Crippen molar-refractivity contribution in [2.24, 2.45) is 0 Å². The molecule has 0 unspecified atom stereocenters. The summed E-state index contributed by atoms with van der Waals surface area (Å²) in [5.41, 5.74) is 2.75. The molecule has 1 amide bonds. The first-order valence-corrected chi connectivity index (χ1v) is 6.96. The highest BCUT2D eigenvalue weighted by molar-refractivity contribution is 5.99. The molecule has 0 atom stereocenters. The monoisotopic (exact) mass is 297 g/mol. The third-order valence-electron chi connectivity index (χ3n) is 3.21. The van der Waals surface area contributed by atoms with E-state index in [-0.39, 0.29) is 11.7 Å². The number of carbonyl (C=O) groups is 2. The van der Waals surface area contributed by atoms with Crippen LogP contribution in [-0.2, 0) is 0 Å². The summed E-state index contributed by atoms with van der Waals surface area (Å²) in [6.45, 7) is 3.38. The van der Waals surface area contributed by atoms with Crippen molar-refractivity contribution in [2.45, 2.75) is 13.8 Å². The van der Waals surface area contributed by atoms with Gasteiger partial charge in [0.15, 0.2) is 5.78 Å². The van der Waals surface area contributed by atoms with Crippen LogP contribution in [0.5, 0.6) is 0 Å². The van der Waals surface area contributed by atoms with Crippen molar-refractivity contribution in [3.63, 3.8) is 0 Å². The van der Waals surface area contributed by atoms with E-state index in [1.165, 1.54) is 11.8 Å². The van der Waals surface area contributed by atoms with Gasteiger partial charge in [-0.25, -0.2) is 4.98 Å². The summed E-state index contributed by atoms with van der Waals surface area (Å²) in [6, 6.07) is 10.6. The molecule has 1 N–H and O–H groups in total. The maximum atomic E-state index is 11.9. The first kappa shape index (κ1) is 15.7. The number of ketones is 1. The molecule has 0 saturated carbocycles. The largest absolute Gasteiger partial charge is 0.345 e. The van der Waals surface area contributed by atoms with E-state index >= 15 is 0 Å². The first-order valence-electron chi connectivity index (χ1n) is 6.96. The number of nitrogens with one attached hydrogen (secondary N) is 1. The van der Waals surface area contributed by atoms with E-state index < -0.39 is 0 Å². The number of nitrogens with zero attached hydrogens (tertiary/aromatic N) is 2. The lowest BCUT2D eigenvalue weighted by atomic mass is 10.1. The molecule has 1 aromatic heterocycles. The van der Waals surface area contributed by atoms with Crippen LogP contribution in [0, 0.1) is 6.92 Å². The smallest absolute Gasteiger partial charge is 0.253 e. The molecule has 0 saturated heterocycles. The highest BCUT2D eigenvalue weighted by atomic mass is 16.2. The van der Waals surface area contributed by atoms with Gasteiger partial charge in [-0.15, -0.1) is 0 Å². The average molecular weight is 297 g/mol. The lowest BCUT2D eigenvalue weighted by Gasteiger charge is -2.12. The highest BCUT2D eigenvalue weighted by Crippen LogP contribution is 2.20. The number of aromatic nitrogens is 1. The minimum atomic E-state index is -0.0512. The third-order valence-corrected chi connectivity index (χ3v) is 3.21. The molecule has 114 valence electrons. The van der Waals surface area contributed by atoms with Crippen molar-refractivity contribution in [2.75, 3.05) is 19.4 Å². The summed E-state index contributed by atoms with van der Waals surface area (Å²) in [4.78, 5) is 29.4. The molecule has 0 radical (unpaired) electrons. The van der Waals surface area contributed by atoms with Crippen molar-refractivity contribution in [3.8, 4) is 0 Å². The Kier molecular flexibility index (Phi) is 4.56. The zero-order valence-corrected chi connectivity index (χ0v) is 13.2. The number of carbonyl (C=O) groups excluding carboxylic acids is 2. The summed E-state index contributed by atoms with van der Waals surface area (Å²) in [5, 5.41) is 3.13. The molecule has 2 rings (SSSR count). The quantitative estimate of drug-likeness (QED) is 0.881. The van der Waals surface area contributed by atoms with Gasteiger partial charge in [0.1, 0.15) is 5.82 Å². The molecule has 0 fully saturated rings. The van der Waals surface area contributed by atoms with Gasteiger partial charge in [-0.3, -0.25) is 9.59 Å². The maximum Gasteiger partial charge on any atom is 0.253 e. The fraction of sp³-hybridized carbons (Fsp3) is 0.235. The van der Waals surface area contributed by atoms with Crippen molar-refractivity contribution in [1.29, 1.82) is 0 Å². The minimum absolute atomic E-state index is 0.0468. The van der Waals surface area contributed by atoms with Gasteiger partial charge in [0.25, 0.3) is 5.91 Å². The van der Waals surface area contributed by atoms with Crippen LogP contribution < -0.4 is 5.32 Å². The Morgan fingerprint density at radius 2 is 1.68 bits per heavy atom. The second-order valence-electron chi connectivity index (χ2n) is 5.31. The van der Waals surface area contributed by atoms with E-state index in [1.807, 2.05) is 6.92 Å². The van der Waals surface area contributed by atoms with E-state index in [1.54, 1.807) is 50.5 Å². The zero-order chi connectivity index (χ0) is 16.3. The van der Waals surface area contributed by atoms with Gasteiger partial charge >= 0.3 is 0 Å². The van der Waals surface area contributed by atoms with Gasteiger partial charge in [-0.1, -0.05) is 0 Å². The number of hydrogen-bond acceptors (Lipinski definition) is 4. The van der Waals surface area contributed by atoms with E-state index in [0.717, 1.165) is 11.4 Å². The molecular weight excluding hydrogens is 278 g/mol. The number of rotatable bonds is 4. The molecule has 0 bridgehead atoms. The zero-order valence-electron chi connectivity index (χ0n) is 13.2. The van der Waals surface area contributed by atoms with Gasteiger partial charge < -0.3 is 10.2 Å². The summed E-state index contributed by atoms with van der Waals surface area (Å²) in [5.74, 6) is 0.429. The Balaban J connectivity index is 2.26. The number of hydrogen-bond donors (Lipinski definition) is 1.